The van der Waals surface area contributed by atoms with E-state index in [0.717, 1.165) is 19.3 Å². The molecule has 0 spiro atoms. The second kappa shape index (κ2) is 3.11. The molecular formula is C8H9N3O2. The van der Waals surface area contributed by atoms with Crippen LogP contribution in [0.15, 0.2) is 16.9 Å². The molecule has 0 amide bonds. The third-order valence-electron chi connectivity index (χ3n) is 2.59. The Morgan fingerprint density at radius 3 is 3.23 bits per heavy atom. The lowest BCUT2D eigenvalue weighted by atomic mass is 10.00. The first-order valence-electron chi connectivity index (χ1n) is 4.28. The number of rotatable bonds is 1. The Balaban J connectivity index is 2.26. The largest absolute Gasteiger partial charge is 0.458 e. The second-order valence-electron chi connectivity index (χ2n) is 3.27. The van der Waals surface area contributed by atoms with E-state index in [4.69, 9.17) is 10.3 Å². The molecule has 2 atom stereocenters. The van der Waals surface area contributed by atoms with Gasteiger partial charge in [-0.15, -0.1) is 0 Å². The molecule has 0 bridgehead atoms. The van der Waals surface area contributed by atoms with E-state index < -0.39 is 0 Å². The van der Waals surface area contributed by atoms with Crippen LogP contribution in [-0.2, 0) is 9.53 Å². The molecule has 5 heteroatoms. The zero-order chi connectivity index (χ0) is 9.26. The fourth-order valence-electron chi connectivity index (χ4n) is 2.02. The zero-order valence-corrected chi connectivity index (χ0v) is 7.01. The molecule has 0 N–H and O–H groups in total. The topological polar surface area (TPSA) is 75.1 Å². The SMILES string of the molecule is [N-]=[N+]=N/C=C1\C(=O)OC2CCCC12. The maximum atomic E-state index is 11.2. The van der Waals surface area contributed by atoms with E-state index >= 15 is 0 Å². The molecule has 1 saturated carbocycles. The van der Waals surface area contributed by atoms with Gasteiger partial charge in [0.05, 0.1) is 0 Å². The Labute approximate surface area is 75.0 Å². The number of hydrogen-bond acceptors (Lipinski definition) is 3. The minimum atomic E-state index is -0.317. The van der Waals surface area contributed by atoms with Crippen LogP contribution < -0.4 is 0 Å². The lowest BCUT2D eigenvalue weighted by Crippen LogP contribution is -2.07. The van der Waals surface area contributed by atoms with Crippen molar-refractivity contribution in [2.45, 2.75) is 25.4 Å². The van der Waals surface area contributed by atoms with Crippen LogP contribution in [0.5, 0.6) is 0 Å². The Morgan fingerprint density at radius 1 is 1.62 bits per heavy atom. The number of carbonyl (C=O) groups excluding carboxylic acids is 1. The molecule has 1 saturated heterocycles. The highest BCUT2D eigenvalue weighted by Gasteiger charge is 2.42. The first-order valence-corrected chi connectivity index (χ1v) is 4.28. The summed E-state index contributed by atoms with van der Waals surface area (Å²) in [5.41, 5.74) is 8.66. The van der Waals surface area contributed by atoms with Crippen molar-refractivity contribution in [3.63, 3.8) is 0 Å². The molecular weight excluding hydrogens is 170 g/mol. The van der Waals surface area contributed by atoms with Crippen LogP contribution in [0.1, 0.15) is 19.3 Å². The van der Waals surface area contributed by atoms with E-state index in [0.29, 0.717) is 5.57 Å². The monoisotopic (exact) mass is 179 g/mol. The van der Waals surface area contributed by atoms with Gasteiger partial charge in [-0.3, -0.25) is 0 Å². The van der Waals surface area contributed by atoms with Crippen molar-refractivity contribution in [3.05, 3.63) is 22.2 Å². The summed E-state index contributed by atoms with van der Waals surface area (Å²) in [4.78, 5) is 13.8. The van der Waals surface area contributed by atoms with Crippen LogP contribution in [0.25, 0.3) is 10.4 Å². The van der Waals surface area contributed by atoms with Crippen molar-refractivity contribution in [1.82, 2.24) is 0 Å². The minimum absolute atomic E-state index is 0.0349. The summed E-state index contributed by atoms with van der Waals surface area (Å²) in [6.07, 6.45) is 4.30. The Morgan fingerprint density at radius 2 is 2.46 bits per heavy atom. The first-order chi connectivity index (χ1) is 6.33. The molecule has 1 aliphatic heterocycles. The van der Waals surface area contributed by atoms with Crippen molar-refractivity contribution < 1.29 is 9.53 Å². The van der Waals surface area contributed by atoms with Crippen LogP contribution in [0, 0.1) is 5.92 Å². The van der Waals surface area contributed by atoms with Gasteiger partial charge in [-0.1, -0.05) is 5.11 Å². The highest BCUT2D eigenvalue weighted by molar-refractivity contribution is 5.91. The first kappa shape index (κ1) is 8.13. The Hall–Kier alpha value is -1.48. The molecule has 0 aromatic carbocycles. The third kappa shape index (κ3) is 1.27. The minimum Gasteiger partial charge on any atom is -0.458 e. The van der Waals surface area contributed by atoms with Gasteiger partial charge in [0.25, 0.3) is 0 Å². The molecule has 0 aromatic rings. The van der Waals surface area contributed by atoms with Crippen molar-refractivity contribution in [2.75, 3.05) is 0 Å². The lowest BCUT2D eigenvalue weighted by molar-refractivity contribution is -0.138. The van der Waals surface area contributed by atoms with Crippen LogP contribution in [0.3, 0.4) is 0 Å². The fraction of sp³-hybridized carbons (Fsp3) is 0.625. The number of nitrogens with zero attached hydrogens (tertiary/aromatic N) is 3. The van der Waals surface area contributed by atoms with E-state index in [1.165, 1.54) is 6.20 Å². The highest BCUT2D eigenvalue weighted by atomic mass is 16.6. The number of fused-ring (bicyclic) bond motifs is 1. The summed E-state index contributed by atoms with van der Waals surface area (Å²) < 4.78 is 5.10. The smallest absolute Gasteiger partial charge is 0.334 e. The van der Waals surface area contributed by atoms with Gasteiger partial charge in [0.1, 0.15) is 6.10 Å². The fourth-order valence-corrected chi connectivity index (χ4v) is 2.02. The van der Waals surface area contributed by atoms with Crippen molar-refractivity contribution in [2.24, 2.45) is 11.0 Å². The van der Waals surface area contributed by atoms with E-state index in [9.17, 15) is 4.79 Å². The maximum absolute atomic E-state index is 11.2. The van der Waals surface area contributed by atoms with Gasteiger partial charge in [0, 0.05) is 22.6 Å². The van der Waals surface area contributed by atoms with Crippen molar-refractivity contribution >= 4 is 5.97 Å². The van der Waals surface area contributed by atoms with E-state index in [-0.39, 0.29) is 18.0 Å². The molecule has 13 heavy (non-hydrogen) atoms. The summed E-state index contributed by atoms with van der Waals surface area (Å²) in [7, 11) is 0. The number of ether oxygens (including phenoxy) is 1. The number of hydrogen-bond donors (Lipinski definition) is 0. The molecule has 2 aliphatic rings. The van der Waals surface area contributed by atoms with Gasteiger partial charge >= 0.3 is 5.97 Å². The summed E-state index contributed by atoms with van der Waals surface area (Å²) in [6.45, 7) is 0. The summed E-state index contributed by atoms with van der Waals surface area (Å²) >= 11 is 0. The molecule has 5 nitrogen and oxygen atoms in total. The third-order valence-corrected chi connectivity index (χ3v) is 2.59. The van der Waals surface area contributed by atoms with Crippen molar-refractivity contribution in [3.8, 4) is 0 Å². The Bertz CT molecular complexity index is 317. The Kier molecular flexibility index (Phi) is 1.94. The molecule has 0 radical (unpaired) electrons. The van der Waals surface area contributed by atoms with E-state index in [2.05, 4.69) is 10.0 Å². The van der Waals surface area contributed by atoms with Gasteiger partial charge in [0.2, 0.25) is 0 Å². The molecule has 2 rings (SSSR count). The highest BCUT2D eigenvalue weighted by Crippen LogP contribution is 2.39. The maximum Gasteiger partial charge on any atom is 0.334 e. The number of esters is 1. The van der Waals surface area contributed by atoms with Crippen LogP contribution in [0.2, 0.25) is 0 Å². The zero-order valence-electron chi connectivity index (χ0n) is 7.01. The van der Waals surface area contributed by atoms with Crippen LogP contribution in [0.4, 0.5) is 0 Å². The molecule has 2 fully saturated rings. The van der Waals surface area contributed by atoms with Gasteiger partial charge in [-0.2, -0.15) is 0 Å². The predicted octanol–water partition coefficient (Wildman–Crippen LogP) is 1.91. The molecule has 0 aromatic heterocycles. The van der Waals surface area contributed by atoms with Gasteiger partial charge in [-0.25, -0.2) is 4.79 Å². The summed E-state index contributed by atoms with van der Waals surface area (Å²) in [5, 5.41) is 3.28. The summed E-state index contributed by atoms with van der Waals surface area (Å²) in [5.74, 6) is -0.153. The molecule has 1 heterocycles. The second-order valence-corrected chi connectivity index (χ2v) is 3.27. The molecule has 2 unspecified atom stereocenters. The average molecular weight is 179 g/mol. The predicted molar refractivity (Wildman–Crippen MR) is 44.5 cm³/mol. The standard InChI is InChI=1S/C8H9N3O2/c9-11-10-4-6-5-2-1-3-7(5)13-8(6)12/h4-5,7H,1-3H2/b6-4-. The van der Waals surface area contributed by atoms with Crippen LogP contribution >= 0.6 is 0 Å². The normalized spacial score (nSPS) is 34.2. The van der Waals surface area contributed by atoms with Gasteiger partial charge in [-0.05, 0) is 24.8 Å². The number of azide groups is 1. The lowest BCUT2D eigenvalue weighted by Gasteiger charge is -2.04. The average Bonchev–Trinajstić information content (AvgIpc) is 2.62. The van der Waals surface area contributed by atoms with Crippen molar-refractivity contribution in [1.29, 1.82) is 0 Å². The summed E-state index contributed by atoms with van der Waals surface area (Å²) in [6, 6.07) is 0. The number of carbonyl (C=O) groups is 1. The van der Waals surface area contributed by atoms with Gasteiger partial charge < -0.3 is 4.74 Å². The van der Waals surface area contributed by atoms with E-state index in [1.54, 1.807) is 0 Å². The van der Waals surface area contributed by atoms with Crippen LogP contribution in [-0.4, -0.2) is 12.1 Å². The molecule has 68 valence electrons. The quantitative estimate of drug-likeness (QED) is 0.203. The molecule has 1 aliphatic carbocycles. The van der Waals surface area contributed by atoms with Gasteiger partial charge in [0.15, 0.2) is 0 Å². The van der Waals surface area contributed by atoms with E-state index in [1.807, 2.05) is 0 Å².